The molecule has 4 aromatic carbocycles. The lowest BCUT2D eigenvalue weighted by atomic mass is 10.2. The topological polar surface area (TPSA) is 91.9 Å². The van der Waals surface area contributed by atoms with Crippen LogP contribution in [0.1, 0.15) is 11.1 Å². The Hall–Kier alpha value is -4.10. The standard InChI is InChI=1S/2C15H11BrN4S/c2*16-13-9-5-4-8-12(13)14-18-19-15(21)20(14)17-10-11-6-2-1-3-7-11/h2*1-10H,(H,19,21). The van der Waals surface area contributed by atoms with Gasteiger partial charge in [-0.15, -0.1) is 0 Å². The summed E-state index contributed by atoms with van der Waals surface area (Å²) in [6.45, 7) is 0. The highest BCUT2D eigenvalue weighted by atomic mass is 79.9. The van der Waals surface area contributed by atoms with E-state index in [0.29, 0.717) is 21.2 Å². The van der Waals surface area contributed by atoms with E-state index in [2.05, 4.69) is 62.5 Å². The molecule has 0 saturated heterocycles. The molecule has 2 aromatic heterocycles. The van der Waals surface area contributed by atoms with Crippen LogP contribution in [0, 0.1) is 9.54 Å². The Morgan fingerprint density at radius 3 is 1.29 bits per heavy atom. The maximum Gasteiger partial charge on any atom is 0.216 e. The van der Waals surface area contributed by atoms with Crippen LogP contribution in [0.25, 0.3) is 22.8 Å². The van der Waals surface area contributed by atoms with Crippen molar-refractivity contribution in [2.24, 2.45) is 10.2 Å². The number of hydrogen-bond donors (Lipinski definition) is 2. The van der Waals surface area contributed by atoms with Crippen molar-refractivity contribution in [2.45, 2.75) is 0 Å². The van der Waals surface area contributed by atoms with Crippen LogP contribution in [0.5, 0.6) is 0 Å². The van der Waals surface area contributed by atoms with Gasteiger partial charge < -0.3 is 0 Å². The van der Waals surface area contributed by atoms with E-state index in [1.54, 1.807) is 21.8 Å². The number of rotatable bonds is 6. The summed E-state index contributed by atoms with van der Waals surface area (Å²) < 4.78 is 6.01. The van der Waals surface area contributed by atoms with Crippen molar-refractivity contribution >= 4 is 68.7 Å². The Labute approximate surface area is 268 Å². The minimum absolute atomic E-state index is 0.452. The van der Waals surface area contributed by atoms with Gasteiger partial charge in [-0.25, -0.2) is 10.2 Å². The van der Waals surface area contributed by atoms with Crippen LogP contribution in [-0.2, 0) is 0 Å². The smallest absolute Gasteiger partial charge is 0.216 e. The molecule has 0 bridgehead atoms. The molecule has 0 aliphatic heterocycles. The van der Waals surface area contributed by atoms with Crippen LogP contribution in [0.3, 0.4) is 0 Å². The Balaban J connectivity index is 0.000000168. The average Bonchev–Trinajstić information content (AvgIpc) is 3.58. The summed E-state index contributed by atoms with van der Waals surface area (Å²) in [7, 11) is 0. The maximum absolute atomic E-state index is 5.25. The van der Waals surface area contributed by atoms with Crippen molar-refractivity contribution < 1.29 is 0 Å². The normalized spacial score (nSPS) is 11.1. The van der Waals surface area contributed by atoms with Crippen LogP contribution >= 0.6 is 56.3 Å². The Bertz CT molecular complexity index is 1820. The summed E-state index contributed by atoms with van der Waals surface area (Å²) >= 11 is 17.5. The van der Waals surface area contributed by atoms with Crippen LogP contribution < -0.4 is 0 Å². The van der Waals surface area contributed by atoms with Gasteiger partial charge in [-0.1, -0.05) is 117 Å². The Morgan fingerprint density at radius 1 is 0.548 bits per heavy atom. The molecule has 2 heterocycles. The van der Waals surface area contributed by atoms with E-state index in [0.717, 1.165) is 31.2 Å². The van der Waals surface area contributed by atoms with Gasteiger partial charge in [0.1, 0.15) is 0 Å². The second-order valence-electron chi connectivity index (χ2n) is 8.60. The molecule has 6 rings (SSSR count). The van der Waals surface area contributed by atoms with Crippen LogP contribution in [-0.4, -0.2) is 42.2 Å². The number of nitrogens with one attached hydrogen (secondary N) is 2. The molecule has 0 saturated carbocycles. The number of halogens is 2. The van der Waals surface area contributed by atoms with Gasteiger partial charge in [-0.3, -0.25) is 0 Å². The first-order chi connectivity index (χ1) is 20.5. The zero-order valence-corrected chi connectivity index (χ0v) is 26.6. The Morgan fingerprint density at radius 2 is 0.905 bits per heavy atom. The van der Waals surface area contributed by atoms with Crippen molar-refractivity contribution in [3.8, 4) is 22.8 Å². The zero-order valence-electron chi connectivity index (χ0n) is 21.8. The van der Waals surface area contributed by atoms with Crippen molar-refractivity contribution in [3.63, 3.8) is 0 Å². The first kappa shape index (κ1) is 29.4. The number of aromatic amines is 2. The van der Waals surface area contributed by atoms with E-state index in [4.69, 9.17) is 24.4 Å². The number of hydrogen-bond acceptors (Lipinski definition) is 6. The molecule has 0 amide bonds. The van der Waals surface area contributed by atoms with Gasteiger partial charge in [0, 0.05) is 20.1 Å². The third-order valence-corrected chi connectivity index (χ3v) is 7.69. The van der Waals surface area contributed by atoms with E-state index in [1.165, 1.54) is 0 Å². The predicted octanol–water partition coefficient (Wildman–Crippen LogP) is 8.50. The average molecular weight is 719 g/mol. The van der Waals surface area contributed by atoms with E-state index >= 15 is 0 Å². The Kier molecular flexibility index (Phi) is 9.93. The van der Waals surface area contributed by atoms with Crippen LogP contribution in [0.15, 0.2) is 128 Å². The molecule has 0 unspecified atom stereocenters. The minimum Gasteiger partial charge on any atom is -0.250 e. The van der Waals surface area contributed by atoms with Gasteiger partial charge in [0.05, 0.1) is 12.4 Å². The summed E-state index contributed by atoms with van der Waals surface area (Å²) in [5.74, 6) is 1.33. The lowest BCUT2D eigenvalue weighted by Gasteiger charge is -2.03. The highest BCUT2D eigenvalue weighted by Crippen LogP contribution is 2.27. The van der Waals surface area contributed by atoms with Gasteiger partial charge in [-0.2, -0.15) is 29.8 Å². The number of benzene rings is 4. The third kappa shape index (κ3) is 7.21. The third-order valence-electron chi connectivity index (χ3n) is 5.77. The first-order valence-corrected chi connectivity index (χ1v) is 14.9. The fourth-order valence-electron chi connectivity index (χ4n) is 3.76. The fourth-order valence-corrected chi connectivity index (χ4v) is 5.04. The van der Waals surface area contributed by atoms with Crippen molar-refractivity contribution in [2.75, 3.05) is 0 Å². The van der Waals surface area contributed by atoms with Crippen molar-refractivity contribution in [1.82, 2.24) is 29.7 Å². The number of aromatic nitrogens is 6. The summed E-state index contributed by atoms with van der Waals surface area (Å²) in [6.07, 6.45) is 3.51. The van der Waals surface area contributed by atoms with Crippen LogP contribution in [0.2, 0.25) is 0 Å². The van der Waals surface area contributed by atoms with Crippen molar-refractivity contribution in [3.05, 3.63) is 139 Å². The molecule has 0 atom stereocenters. The largest absolute Gasteiger partial charge is 0.250 e. The molecular weight excluding hydrogens is 696 g/mol. The molecule has 0 aliphatic carbocycles. The predicted molar refractivity (Wildman–Crippen MR) is 180 cm³/mol. The molecule has 208 valence electrons. The van der Waals surface area contributed by atoms with Gasteiger partial charge in [0.15, 0.2) is 11.6 Å². The lowest BCUT2D eigenvalue weighted by Crippen LogP contribution is -1.95. The summed E-state index contributed by atoms with van der Waals surface area (Å²) in [6, 6.07) is 35.3. The summed E-state index contributed by atoms with van der Waals surface area (Å²) in [5.41, 5.74) is 3.85. The first-order valence-electron chi connectivity index (χ1n) is 12.5. The van der Waals surface area contributed by atoms with E-state index in [-0.39, 0.29) is 0 Å². The summed E-state index contributed by atoms with van der Waals surface area (Å²) in [4.78, 5) is 0. The monoisotopic (exact) mass is 716 g/mol. The molecule has 0 fully saturated rings. The molecule has 0 radical (unpaired) electrons. The van der Waals surface area contributed by atoms with E-state index in [9.17, 15) is 0 Å². The molecule has 0 aliphatic rings. The second kappa shape index (κ2) is 14.2. The maximum atomic E-state index is 5.25. The van der Waals surface area contributed by atoms with E-state index < -0.39 is 0 Å². The molecule has 8 nitrogen and oxygen atoms in total. The lowest BCUT2D eigenvalue weighted by molar-refractivity contribution is 0.871. The number of nitrogens with zero attached hydrogens (tertiary/aromatic N) is 6. The minimum atomic E-state index is 0.452. The SMILES string of the molecule is S=c1[nH]nc(-c2ccccc2Br)n1N=Cc1ccccc1.S=c1[nH]nc(-c2ccccc2Br)n1N=Cc1ccccc1. The molecule has 0 spiro atoms. The fraction of sp³-hybridized carbons (Fsp3) is 0. The zero-order chi connectivity index (χ0) is 29.3. The quantitative estimate of drug-likeness (QED) is 0.134. The van der Waals surface area contributed by atoms with Crippen LogP contribution in [0.4, 0.5) is 0 Å². The van der Waals surface area contributed by atoms with Gasteiger partial charge in [0.2, 0.25) is 9.54 Å². The van der Waals surface area contributed by atoms with Gasteiger partial charge in [0.25, 0.3) is 0 Å². The molecular formula is C30H22Br2N8S2. The van der Waals surface area contributed by atoms with Gasteiger partial charge in [-0.05, 0) is 59.8 Å². The molecule has 42 heavy (non-hydrogen) atoms. The highest BCUT2D eigenvalue weighted by molar-refractivity contribution is 9.11. The highest BCUT2D eigenvalue weighted by Gasteiger charge is 2.12. The van der Waals surface area contributed by atoms with Gasteiger partial charge >= 0.3 is 0 Å². The van der Waals surface area contributed by atoms with Crippen molar-refractivity contribution in [1.29, 1.82) is 0 Å². The molecule has 2 N–H and O–H groups in total. The van der Waals surface area contributed by atoms with E-state index in [1.807, 2.05) is 109 Å². The summed E-state index contributed by atoms with van der Waals surface area (Å²) in [5, 5.41) is 22.9. The number of H-pyrrole nitrogens is 2. The second-order valence-corrected chi connectivity index (χ2v) is 11.1. The molecule has 12 heteroatoms. The molecule has 6 aromatic rings.